The first kappa shape index (κ1) is 15.0. The van der Waals surface area contributed by atoms with Crippen LogP contribution in [-0.4, -0.2) is 28.0 Å². The van der Waals surface area contributed by atoms with Gasteiger partial charge in [-0.05, 0) is 41.0 Å². The third-order valence-corrected chi connectivity index (χ3v) is 3.20. The van der Waals surface area contributed by atoms with Crippen LogP contribution in [0.4, 0.5) is 0 Å². The van der Waals surface area contributed by atoms with Crippen molar-refractivity contribution >= 4 is 0 Å². The van der Waals surface area contributed by atoms with Crippen molar-refractivity contribution in [1.82, 2.24) is 15.1 Å². The Balaban J connectivity index is 2.42. The van der Waals surface area contributed by atoms with Gasteiger partial charge in [0.15, 0.2) is 5.75 Å². The van der Waals surface area contributed by atoms with Gasteiger partial charge in [-0.15, -0.1) is 0 Å². The zero-order valence-electron chi connectivity index (χ0n) is 12.5. The number of hydrogen-bond donors (Lipinski definition) is 1. The molecule has 1 aromatic heterocycles. The molecule has 1 aromatic rings. The van der Waals surface area contributed by atoms with Crippen LogP contribution in [0.3, 0.4) is 0 Å². The molecule has 0 aliphatic heterocycles. The zero-order valence-corrected chi connectivity index (χ0v) is 12.5. The van der Waals surface area contributed by atoms with Crippen molar-refractivity contribution in [2.75, 3.05) is 6.54 Å². The third-order valence-electron chi connectivity index (χ3n) is 3.20. The summed E-state index contributed by atoms with van der Waals surface area (Å²) in [5.74, 6) is 0.840. The summed E-state index contributed by atoms with van der Waals surface area (Å²) in [4.78, 5) is 0. The largest absolute Gasteiger partial charge is 0.486 e. The molecule has 0 saturated carbocycles. The average molecular weight is 253 g/mol. The second-order valence-corrected chi connectivity index (χ2v) is 5.80. The number of rotatable bonds is 7. The number of aromatic nitrogens is 2. The molecule has 0 bridgehead atoms. The van der Waals surface area contributed by atoms with Gasteiger partial charge in [-0.25, -0.2) is 0 Å². The van der Waals surface area contributed by atoms with Crippen molar-refractivity contribution in [2.24, 2.45) is 0 Å². The maximum absolute atomic E-state index is 5.84. The first-order valence-electron chi connectivity index (χ1n) is 6.80. The lowest BCUT2D eigenvalue weighted by Crippen LogP contribution is -2.43. The SMILES string of the molecule is CCC(C)(C)NCC(C)Oc1cnn(C(C)C)c1. The highest BCUT2D eigenvalue weighted by Crippen LogP contribution is 2.14. The minimum atomic E-state index is 0.139. The molecular weight excluding hydrogens is 226 g/mol. The Morgan fingerprint density at radius 2 is 2.06 bits per heavy atom. The Bertz CT molecular complexity index is 358. The number of nitrogens with zero attached hydrogens (tertiary/aromatic N) is 2. The monoisotopic (exact) mass is 253 g/mol. The molecule has 0 spiro atoms. The van der Waals surface area contributed by atoms with Gasteiger partial charge >= 0.3 is 0 Å². The van der Waals surface area contributed by atoms with Crippen LogP contribution < -0.4 is 10.1 Å². The second-order valence-electron chi connectivity index (χ2n) is 5.80. The lowest BCUT2D eigenvalue weighted by atomic mass is 10.0. The van der Waals surface area contributed by atoms with Gasteiger partial charge in [-0.3, -0.25) is 4.68 Å². The van der Waals surface area contributed by atoms with Crippen LogP contribution in [0, 0.1) is 0 Å². The topological polar surface area (TPSA) is 39.1 Å². The van der Waals surface area contributed by atoms with Crippen LogP contribution in [0.15, 0.2) is 12.4 Å². The summed E-state index contributed by atoms with van der Waals surface area (Å²) >= 11 is 0. The highest BCUT2D eigenvalue weighted by atomic mass is 16.5. The number of nitrogens with one attached hydrogen (secondary N) is 1. The molecule has 1 heterocycles. The summed E-state index contributed by atoms with van der Waals surface area (Å²) in [5.41, 5.74) is 0.166. The van der Waals surface area contributed by atoms with E-state index in [9.17, 15) is 0 Å². The molecule has 0 aliphatic rings. The molecule has 1 unspecified atom stereocenters. The Morgan fingerprint density at radius 3 is 2.56 bits per heavy atom. The van der Waals surface area contributed by atoms with Crippen molar-refractivity contribution in [3.8, 4) is 5.75 Å². The number of hydrogen-bond acceptors (Lipinski definition) is 3. The Morgan fingerprint density at radius 1 is 1.39 bits per heavy atom. The molecule has 0 fully saturated rings. The quantitative estimate of drug-likeness (QED) is 0.812. The first-order valence-corrected chi connectivity index (χ1v) is 6.80. The Hall–Kier alpha value is -1.03. The van der Waals surface area contributed by atoms with E-state index in [0.29, 0.717) is 6.04 Å². The molecule has 1 N–H and O–H groups in total. The predicted molar refractivity (Wildman–Crippen MR) is 75.1 cm³/mol. The molecule has 0 radical (unpaired) electrons. The lowest BCUT2D eigenvalue weighted by Gasteiger charge is -2.26. The van der Waals surface area contributed by atoms with Crippen LogP contribution in [0.5, 0.6) is 5.75 Å². The smallest absolute Gasteiger partial charge is 0.157 e. The lowest BCUT2D eigenvalue weighted by molar-refractivity contribution is 0.198. The van der Waals surface area contributed by atoms with E-state index in [4.69, 9.17) is 4.74 Å². The average Bonchev–Trinajstić information content (AvgIpc) is 2.75. The molecule has 1 rings (SSSR count). The fourth-order valence-electron chi connectivity index (χ4n) is 1.48. The normalized spacial score (nSPS) is 13.9. The van der Waals surface area contributed by atoms with E-state index in [2.05, 4.69) is 52.0 Å². The highest BCUT2D eigenvalue weighted by Gasteiger charge is 2.16. The van der Waals surface area contributed by atoms with Crippen molar-refractivity contribution in [3.63, 3.8) is 0 Å². The van der Waals surface area contributed by atoms with E-state index >= 15 is 0 Å². The maximum Gasteiger partial charge on any atom is 0.157 e. The fraction of sp³-hybridized carbons (Fsp3) is 0.786. The Labute approximate surface area is 111 Å². The summed E-state index contributed by atoms with van der Waals surface area (Å²) in [6, 6.07) is 0.370. The summed E-state index contributed by atoms with van der Waals surface area (Å²) < 4.78 is 7.75. The van der Waals surface area contributed by atoms with Crippen LogP contribution in [0.25, 0.3) is 0 Å². The van der Waals surface area contributed by atoms with E-state index in [1.165, 1.54) is 0 Å². The molecule has 0 amide bonds. The molecule has 18 heavy (non-hydrogen) atoms. The van der Waals surface area contributed by atoms with E-state index < -0.39 is 0 Å². The van der Waals surface area contributed by atoms with Gasteiger partial charge < -0.3 is 10.1 Å². The van der Waals surface area contributed by atoms with Crippen LogP contribution >= 0.6 is 0 Å². The van der Waals surface area contributed by atoms with Gasteiger partial charge in [0.1, 0.15) is 6.10 Å². The third kappa shape index (κ3) is 4.69. The molecule has 1 atom stereocenters. The predicted octanol–water partition coefficient (Wildman–Crippen LogP) is 3.01. The van der Waals surface area contributed by atoms with E-state index in [0.717, 1.165) is 18.7 Å². The minimum Gasteiger partial charge on any atom is -0.486 e. The highest BCUT2D eigenvalue weighted by molar-refractivity contribution is 5.12. The van der Waals surface area contributed by atoms with Crippen LogP contribution in [-0.2, 0) is 0 Å². The van der Waals surface area contributed by atoms with Gasteiger partial charge in [0, 0.05) is 18.1 Å². The number of ether oxygens (including phenoxy) is 1. The molecule has 0 saturated heterocycles. The van der Waals surface area contributed by atoms with E-state index in [-0.39, 0.29) is 11.6 Å². The molecule has 4 heteroatoms. The van der Waals surface area contributed by atoms with Crippen molar-refractivity contribution < 1.29 is 4.74 Å². The van der Waals surface area contributed by atoms with Crippen molar-refractivity contribution in [1.29, 1.82) is 0 Å². The van der Waals surface area contributed by atoms with Gasteiger partial charge in [0.2, 0.25) is 0 Å². The summed E-state index contributed by atoms with van der Waals surface area (Å²) in [6.45, 7) is 13.7. The second kappa shape index (κ2) is 6.23. The van der Waals surface area contributed by atoms with E-state index in [1.807, 2.05) is 10.9 Å². The Kier molecular flexibility index (Phi) is 5.20. The standard InChI is InChI=1S/C14H27N3O/c1-7-14(5,6)15-8-12(4)18-13-9-16-17(10-13)11(2)3/h9-12,15H,7-8H2,1-6H3. The maximum atomic E-state index is 5.84. The van der Waals surface area contributed by atoms with E-state index in [1.54, 1.807) is 6.20 Å². The van der Waals surface area contributed by atoms with Crippen LogP contribution in [0.2, 0.25) is 0 Å². The van der Waals surface area contributed by atoms with Gasteiger partial charge in [0.05, 0.1) is 12.4 Å². The van der Waals surface area contributed by atoms with Crippen molar-refractivity contribution in [3.05, 3.63) is 12.4 Å². The summed E-state index contributed by atoms with van der Waals surface area (Å²) in [7, 11) is 0. The zero-order chi connectivity index (χ0) is 13.8. The molecule has 0 aliphatic carbocycles. The van der Waals surface area contributed by atoms with Gasteiger partial charge in [-0.1, -0.05) is 6.92 Å². The molecule has 4 nitrogen and oxygen atoms in total. The van der Waals surface area contributed by atoms with Crippen LogP contribution in [0.1, 0.15) is 54.0 Å². The fourth-order valence-corrected chi connectivity index (χ4v) is 1.48. The first-order chi connectivity index (χ1) is 8.34. The summed E-state index contributed by atoms with van der Waals surface area (Å²) in [5, 5.41) is 7.77. The van der Waals surface area contributed by atoms with Gasteiger partial charge in [0.25, 0.3) is 0 Å². The van der Waals surface area contributed by atoms with Crippen molar-refractivity contribution in [2.45, 2.75) is 65.6 Å². The molecular formula is C14H27N3O. The summed E-state index contributed by atoms with van der Waals surface area (Å²) in [6.07, 6.45) is 4.97. The molecule has 104 valence electrons. The molecule has 0 aromatic carbocycles. The minimum absolute atomic E-state index is 0.139. The van der Waals surface area contributed by atoms with Gasteiger partial charge in [-0.2, -0.15) is 5.10 Å².